The molecule has 12 heteroatoms. The van der Waals surface area contributed by atoms with Crippen molar-refractivity contribution in [3.63, 3.8) is 0 Å². The van der Waals surface area contributed by atoms with Crippen molar-refractivity contribution >= 4 is 17.5 Å². The van der Waals surface area contributed by atoms with Crippen LogP contribution < -0.4 is 4.90 Å². The van der Waals surface area contributed by atoms with E-state index >= 15 is 0 Å². The number of fused-ring (bicyclic) bond motifs is 1. The number of halogens is 3. The summed E-state index contributed by atoms with van der Waals surface area (Å²) in [5.74, 6) is -2.51. The number of imide groups is 1. The van der Waals surface area contributed by atoms with Crippen LogP contribution >= 0.6 is 0 Å². The normalized spacial score (nSPS) is 20.2. The van der Waals surface area contributed by atoms with Crippen molar-refractivity contribution in [2.45, 2.75) is 70.1 Å². The standard InChI is InChI=1S/C30H33F3N6O3/c1-29(2)24-16-22(38-14-12-37(13-15-38)21-6-4-3-5-7-21)10-11-23(24)26(40)39(28(29)41)18-20-9-8-19(17-34-20)25-35-36-27(42-25)30(31,32)33/h8-11,16-17,21H,3-7,12-15,18H2,1-2H3. The predicted octanol–water partition coefficient (Wildman–Crippen LogP) is 5.07. The maximum absolute atomic E-state index is 13.6. The van der Waals surface area contributed by atoms with Gasteiger partial charge in [-0.1, -0.05) is 19.3 Å². The van der Waals surface area contributed by atoms with E-state index in [2.05, 4.69) is 25.0 Å². The molecule has 1 saturated heterocycles. The van der Waals surface area contributed by atoms with Gasteiger partial charge in [-0.2, -0.15) is 13.2 Å². The number of carbonyl (C=O) groups is 2. The second-order valence-electron chi connectivity index (χ2n) is 11.8. The number of carbonyl (C=O) groups excluding carboxylic acids is 2. The average molecular weight is 583 g/mol. The minimum Gasteiger partial charge on any atom is -0.413 e. The number of benzene rings is 1. The van der Waals surface area contributed by atoms with Gasteiger partial charge in [-0.3, -0.25) is 24.4 Å². The molecule has 2 aromatic heterocycles. The lowest BCUT2D eigenvalue weighted by atomic mass is 9.77. The van der Waals surface area contributed by atoms with Gasteiger partial charge >= 0.3 is 12.1 Å². The van der Waals surface area contributed by atoms with Crippen LogP contribution in [0, 0.1) is 0 Å². The minimum atomic E-state index is -4.75. The summed E-state index contributed by atoms with van der Waals surface area (Å²) in [5, 5.41) is 6.45. The number of piperazine rings is 1. The highest BCUT2D eigenvalue weighted by molar-refractivity contribution is 6.13. The third kappa shape index (κ3) is 5.28. The van der Waals surface area contributed by atoms with Crippen LogP contribution in [0.4, 0.5) is 18.9 Å². The lowest BCUT2D eigenvalue weighted by Gasteiger charge is -2.42. The molecular weight excluding hydrogens is 549 g/mol. The summed E-state index contributed by atoms with van der Waals surface area (Å²) in [5.41, 5.74) is 1.85. The van der Waals surface area contributed by atoms with Crippen LogP contribution in [0.5, 0.6) is 0 Å². The van der Waals surface area contributed by atoms with E-state index in [1.54, 1.807) is 0 Å². The molecule has 2 amide bonds. The second-order valence-corrected chi connectivity index (χ2v) is 11.8. The van der Waals surface area contributed by atoms with Crippen LogP contribution in [-0.4, -0.2) is 69.0 Å². The average Bonchev–Trinajstić information content (AvgIpc) is 3.51. The molecule has 0 atom stereocenters. The van der Waals surface area contributed by atoms with Crippen LogP contribution in [-0.2, 0) is 22.9 Å². The summed E-state index contributed by atoms with van der Waals surface area (Å²) in [6.07, 6.45) is 3.08. The molecule has 1 saturated carbocycles. The van der Waals surface area contributed by atoms with Gasteiger partial charge in [-0.25, -0.2) is 0 Å². The van der Waals surface area contributed by atoms with Gasteiger partial charge in [0.1, 0.15) is 0 Å². The molecule has 0 N–H and O–H groups in total. The lowest BCUT2D eigenvalue weighted by Crippen LogP contribution is -2.52. The Bertz CT molecular complexity index is 1470. The lowest BCUT2D eigenvalue weighted by molar-refractivity contribution is -0.157. The molecule has 1 aliphatic carbocycles. The summed E-state index contributed by atoms with van der Waals surface area (Å²) in [4.78, 5) is 37.5. The summed E-state index contributed by atoms with van der Waals surface area (Å²) in [6, 6.07) is 9.44. The Balaban J connectivity index is 1.16. The van der Waals surface area contributed by atoms with E-state index < -0.39 is 23.4 Å². The fourth-order valence-corrected chi connectivity index (χ4v) is 6.32. The molecule has 222 valence electrons. The fraction of sp³-hybridized carbons (Fsp3) is 0.500. The maximum atomic E-state index is 13.6. The Morgan fingerprint density at radius 2 is 1.71 bits per heavy atom. The number of amides is 2. The molecule has 3 aliphatic rings. The van der Waals surface area contributed by atoms with Crippen LogP contribution in [0.1, 0.15) is 73.5 Å². The van der Waals surface area contributed by atoms with Gasteiger partial charge in [0.25, 0.3) is 5.91 Å². The summed E-state index contributed by atoms with van der Waals surface area (Å²) < 4.78 is 43.1. The third-order valence-electron chi connectivity index (χ3n) is 8.76. The van der Waals surface area contributed by atoms with Crippen LogP contribution in [0.25, 0.3) is 11.5 Å². The molecule has 1 aromatic carbocycles. The molecule has 6 rings (SSSR count). The Hall–Kier alpha value is -3.80. The number of hydrogen-bond donors (Lipinski definition) is 0. The SMILES string of the molecule is CC1(C)C(=O)N(Cc2ccc(-c3nnc(C(F)(F)F)o3)cn2)C(=O)c2ccc(N3CCN(C4CCCCC4)CC3)cc21. The number of nitrogens with zero attached hydrogens (tertiary/aromatic N) is 6. The van der Waals surface area contributed by atoms with Crippen molar-refractivity contribution in [2.75, 3.05) is 31.1 Å². The van der Waals surface area contributed by atoms with Crippen molar-refractivity contribution in [3.05, 3.63) is 59.2 Å². The highest BCUT2D eigenvalue weighted by Gasteiger charge is 2.45. The molecule has 3 aromatic rings. The molecule has 0 spiro atoms. The van der Waals surface area contributed by atoms with Gasteiger partial charge in [0.15, 0.2) is 0 Å². The highest BCUT2D eigenvalue weighted by Crippen LogP contribution is 2.38. The largest absolute Gasteiger partial charge is 0.470 e. The molecule has 0 bridgehead atoms. The summed E-state index contributed by atoms with van der Waals surface area (Å²) in [6.45, 7) is 7.41. The van der Waals surface area contributed by atoms with E-state index in [9.17, 15) is 22.8 Å². The summed E-state index contributed by atoms with van der Waals surface area (Å²) in [7, 11) is 0. The van der Waals surface area contributed by atoms with E-state index in [1.165, 1.54) is 55.3 Å². The van der Waals surface area contributed by atoms with Crippen molar-refractivity contribution in [1.82, 2.24) is 25.0 Å². The van der Waals surface area contributed by atoms with Gasteiger partial charge in [-0.15, -0.1) is 10.2 Å². The van der Waals surface area contributed by atoms with Crippen molar-refractivity contribution < 1.29 is 27.2 Å². The van der Waals surface area contributed by atoms with Gasteiger partial charge in [-0.05, 0) is 62.6 Å². The van der Waals surface area contributed by atoms with Gasteiger partial charge < -0.3 is 9.32 Å². The minimum absolute atomic E-state index is 0.0800. The topological polar surface area (TPSA) is 95.7 Å². The van der Waals surface area contributed by atoms with Gasteiger partial charge in [0.05, 0.1) is 23.2 Å². The first kappa shape index (κ1) is 28.3. The quantitative estimate of drug-likeness (QED) is 0.385. The molecular formula is C30H33F3N6O3. The van der Waals surface area contributed by atoms with E-state index in [4.69, 9.17) is 4.42 Å². The van der Waals surface area contributed by atoms with Crippen molar-refractivity contribution in [1.29, 1.82) is 0 Å². The molecule has 2 fully saturated rings. The fourth-order valence-electron chi connectivity index (χ4n) is 6.32. The zero-order valence-electron chi connectivity index (χ0n) is 23.7. The molecule has 2 aliphatic heterocycles. The predicted molar refractivity (Wildman–Crippen MR) is 148 cm³/mol. The van der Waals surface area contributed by atoms with Gasteiger partial charge in [0.2, 0.25) is 11.8 Å². The summed E-state index contributed by atoms with van der Waals surface area (Å²) >= 11 is 0. The van der Waals surface area contributed by atoms with Crippen LogP contribution in [0.2, 0.25) is 0 Å². The van der Waals surface area contributed by atoms with Crippen molar-refractivity contribution in [3.8, 4) is 11.5 Å². The first-order chi connectivity index (χ1) is 20.0. The van der Waals surface area contributed by atoms with Crippen LogP contribution in [0.3, 0.4) is 0 Å². The number of pyridine rings is 1. The Morgan fingerprint density at radius 1 is 0.976 bits per heavy atom. The Morgan fingerprint density at radius 3 is 2.36 bits per heavy atom. The number of hydrogen-bond acceptors (Lipinski definition) is 8. The number of anilines is 1. The number of rotatable bonds is 5. The number of alkyl halides is 3. The van der Waals surface area contributed by atoms with E-state index in [-0.39, 0.29) is 23.9 Å². The highest BCUT2D eigenvalue weighted by atomic mass is 19.4. The van der Waals surface area contributed by atoms with E-state index in [0.29, 0.717) is 22.9 Å². The monoisotopic (exact) mass is 582 g/mol. The zero-order valence-corrected chi connectivity index (χ0v) is 23.7. The maximum Gasteiger partial charge on any atom is 0.470 e. The van der Waals surface area contributed by atoms with Crippen molar-refractivity contribution in [2.24, 2.45) is 0 Å². The van der Waals surface area contributed by atoms with E-state index in [1.807, 2.05) is 32.0 Å². The molecule has 9 nitrogen and oxygen atoms in total. The first-order valence-corrected chi connectivity index (χ1v) is 14.4. The Kier molecular flexibility index (Phi) is 7.28. The second kappa shape index (κ2) is 10.8. The molecule has 0 unspecified atom stereocenters. The Labute approximate surface area is 241 Å². The smallest absolute Gasteiger partial charge is 0.413 e. The molecule has 42 heavy (non-hydrogen) atoms. The molecule has 4 heterocycles. The first-order valence-electron chi connectivity index (χ1n) is 14.4. The molecule has 0 radical (unpaired) electrons. The van der Waals surface area contributed by atoms with Gasteiger partial charge in [0, 0.05) is 49.7 Å². The van der Waals surface area contributed by atoms with E-state index in [0.717, 1.165) is 31.9 Å². The zero-order chi connectivity index (χ0) is 29.6. The third-order valence-corrected chi connectivity index (χ3v) is 8.76. The van der Waals surface area contributed by atoms with Crippen LogP contribution in [0.15, 0.2) is 40.9 Å². The number of aromatic nitrogens is 3.